The van der Waals surface area contributed by atoms with Gasteiger partial charge in [0.25, 0.3) is 0 Å². The van der Waals surface area contributed by atoms with E-state index in [9.17, 15) is 9.18 Å². The highest BCUT2D eigenvalue weighted by Crippen LogP contribution is 2.27. The standard InChI is InChI=1S/C25H27FN6OS/c1-16-3-6-19(11-22(16)26)28-13-21-23(27)30-15-31-24(21)32-10-9-18(14-32)25(33)29-12-17-4-7-20(34-2)8-5-17/h3-8,11,13,15,18H,9-10,12,14H2,1-2H3,(H,29,33)(H2,27,30,31). The Morgan fingerprint density at radius 1 is 1.29 bits per heavy atom. The van der Waals surface area contributed by atoms with E-state index < -0.39 is 0 Å². The Morgan fingerprint density at radius 3 is 2.82 bits per heavy atom. The minimum atomic E-state index is -0.319. The molecule has 3 aromatic rings. The molecule has 0 aliphatic carbocycles. The molecule has 1 aromatic heterocycles. The first-order valence-electron chi connectivity index (χ1n) is 11.0. The van der Waals surface area contributed by atoms with Crippen molar-refractivity contribution in [2.24, 2.45) is 10.9 Å². The molecule has 0 bridgehead atoms. The zero-order valence-electron chi connectivity index (χ0n) is 19.2. The predicted octanol–water partition coefficient (Wildman–Crippen LogP) is 4.12. The second kappa shape index (κ2) is 10.6. The summed E-state index contributed by atoms with van der Waals surface area (Å²) in [6, 6.07) is 12.9. The first kappa shape index (κ1) is 23.7. The largest absolute Gasteiger partial charge is 0.383 e. The number of amides is 1. The maximum absolute atomic E-state index is 13.9. The highest BCUT2D eigenvalue weighted by atomic mass is 32.2. The lowest BCUT2D eigenvalue weighted by Crippen LogP contribution is -2.32. The van der Waals surface area contributed by atoms with Crippen molar-refractivity contribution in [3.8, 4) is 0 Å². The normalized spacial score (nSPS) is 15.7. The molecule has 2 aromatic carbocycles. The summed E-state index contributed by atoms with van der Waals surface area (Å²) in [6.45, 7) is 3.38. The molecule has 7 nitrogen and oxygen atoms in total. The fraction of sp³-hybridized carbons (Fsp3) is 0.280. The van der Waals surface area contributed by atoms with Crippen molar-refractivity contribution in [2.75, 3.05) is 30.0 Å². The summed E-state index contributed by atoms with van der Waals surface area (Å²) in [7, 11) is 0. The number of hydrogen-bond acceptors (Lipinski definition) is 7. The van der Waals surface area contributed by atoms with Crippen LogP contribution in [0.2, 0.25) is 0 Å². The number of aryl methyl sites for hydroxylation is 1. The molecule has 1 aliphatic heterocycles. The number of benzene rings is 2. The molecule has 0 saturated carbocycles. The van der Waals surface area contributed by atoms with Crippen LogP contribution in [0.1, 0.15) is 23.1 Å². The molecule has 1 saturated heterocycles. The number of nitrogens with two attached hydrogens (primary N) is 1. The number of halogens is 1. The van der Waals surface area contributed by atoms with Crippen LogP contribution in [0.3, 0.4) is 0 Å². The van der Waals surface area contributed by atoms with E-state index in [4.69, 9.17) is 5.73 Å². The van der Waals surface area contributed by atoms with Gasteiger partial charge in [-0.15, -0.1) is 11.8 Å². The van der Waals surface area contributed by atoms with Gasteiger partial charge in [-0.25, -0.2) is 14.4 Å². The van der Waals surface area contributed by atoms with E-state index in [0.717, 1.165) is 5.56 Å². The number of thioether (sulfide) groups is 1. The molecule has 9 heteroatoms. The number of rotatable bonds is 7. The van der Waals surface area contributed by atoms with Crippen molar-refractivity contribution in [2.45, 2.75) is 24.8 Å². The van der Waals surface area contributed by atoms with Gasteiger partial charge in [-0.05, 0) is 55.0 Å². The average molecular weight is 479 g/mol. The first-order valence-corrected chi connectivity index (χ1v) is 12.2. The summed E-state index contributed by atoms with van der Waals surface area (Å²) in [5.41, 5.74) is 8.76. The van der Waals surface area contributed by atoms with E-state index in [1.54, 1.807) is 37.0 Å². The Kier molecular flexibility index (Phi) is 7.42. The molecule has 1 unspecified atom stereocenters. The molecule has 1 fully saturated rings. The van der Waals surface area contributed by atoms with Crippen molar-refractivity contribution in [1.29, 1.82) is 0 Å². The van der Waals surface area contributed by atoms with Crippen LogP contribution < -0.4 is 16.0 Å². The average Bonchev–Trinajstić information content (AvgIpc) is 3.34. The maximum atomic E-state index is 13.9. The van der Waals surface area contributed by atoms with Crippen LogP contribution in [0.4, 0.5) is 21.7 Å². The molecule has 0 spiro atoms. The fourth-order valence-corrected chi connectivity index (χ4v) is 4.23. The van der Waals surface area contributed by atoms with Crippen molar-refractivity contribution in [3.63, 3.8) is 0 Å². The summed E-state index contributed by atoms with van der Waals surface area (Å²) >= 11 is 1.69. The van der Waals surface area contributed by atoms with E-state index in [2.05, 4.69) is 32.4 Å². The number of aromatic nitrogens is 2. The number of carbonyl (C=O) groups is 1. The second-order valence-electron chi connectivity index (χ2n) is 8.19. The summed E-state index contributed by atoms with van der Waals surface area (Å²) in [6.07, 6.45) is 5.70. The Labute approximate surface area is 202 Å². The van der Waals surface area contributed by atoms with Crippen LogP contribution in [0, 0.1) is 18.7 Å². The quantitative estimate of drug-likeness (QED) is 0.392. The highest BCUT2D eigenvalue weighted by molar-refractivity contribution is 7.98. The highest BCUT2D eigenvalue weighted by Gasteiger charge is 2.30. The van der Waals surface area contributed by atoms with E-state index in [1.807, 2.05) is 23.3 Å². The van der Waals surface area contributed by atoms with Gasteiger partial charge in [-0.3, -0.25) is 9.79 Å². The zero-order valence-corrected chi connectivity index (χ0v) is 20.0. The number of nitrogens with zero attached hydrogens (tertiary/aromatic N) is 4. The molecule has 2 heterocycles. The van der Waals surface area contributed by atoms with Crippen molar-refractivity contribution in [1.82, 2.24) is 15.3 Å². The van der Waals surface area contributed by atoms with Crippen LogP contribution >= 0.6 is 11.8 Å². The molecule has 34 heavy (non-hydrogen) atoms. The van der Waals surface area contributed by atoms with Gasteiger partial charge < -0.3 is 16.0 Å². The van der Waals surface area contributed by atoms with Gasteiger partial charge in [0.15, 0.2) is 0 Å². The Balaban J connectivity index is 1.42. The third-order valence-corrected chi connectivity index (χ3v) is 6.62. The Bertz CT molecular complexity index is 1200. The monoisotopic (exact) mass is 478 g/mol. The topological polar surface area (TPSA) is 96.5 Å². The minimum Gasteiger partial charge on any atom is -0.383 e. The zero-order chi connectivity index (χ0) is 24.1. The molecule has 1 amide bonds. The summed E-state index contributed by atoms with van der Waals surface area (Å²) in [5, 5.41) is 3.04. The van der Waals surface area contributed by atoms with Gasteiger partial charge in [-0.1, -0.05) is 18.2 Å². The third kappa shape index (κ3) is 5.53. The smallest absolute Gasteiger partial charge is 0.225 e. The lowest BCUT2D eigenvalue weighted by molar-refractivity contribution is -0.124. The number of aliphatic imine (C=N–C) groups is 1. The van der Waals surface area contributed by atoms with Crippen LogP contribution in [-0.4, -0.2) is 41.4 Å². The SMILES string of the molecule is CSc1ccc(CNC(=O)C2CCN(c3ncnc(N)c3C=Nc3ccc(C)c(F)c3)C2)cc1. The van der Waals surface area contributed by atoms with Crippen molar-refractivity contribution in [3.05, 3.63) is 71.3 Å². The van der Waals surface area contributed by atoms with E-state index in [1.165, 1.54) is 17.3 Å². The van der Waals surface area contributed by atoms with E-state index >= 15 is 0 Å². The predicted molar refractivity (Wildman–Crippen MR) is 135 cm³/mol. The molecule has 3 N–H and O–H groups in total. The molecule has 1 aliphatic rings. The van der Waals surface area contributed by atoms with Gasteiger partial charge in [0.1, 0.15) is 23.8 Å². The van der Waals surface area contributed by atoms with Gasteiger partial charge in [0.2, 0.25) is 5.91 Å². The van der Waals surface area contributed by atoms with Crippen LogP contribution in [0.15, 0.2) is 58.7 Å². The number of carbonyl (C=O) groups excluding carboxylic acids is 1. The van der Waals surface area contributed by atoms with E-state index in [0.29, 0.717) is 48.7 Å². The first-order chi connectivity index (χ1) is 16.4. The summed E-state index contributed by atoms with van der Waals surface area (Å²) in [4.78, 5) is 28.8. The molecule has 0 radical (unpaired) electrons. The van der Waals surface area contributed by atoms with Gasteiger partial charge in [0, 0.05) is 30.7 Å². The Hall–Kier alpha value is -3.46. The van der Waals surface area contributed by atoms with Crippen molar-refractivity contribution < 1.29 is 9.18 Å². The van der Waals surface area contributed by atoms with Gasteiger partial charge >= 0.3 is 0 Å². The van der Waals surface area contributed by atoms with E-state index in [-0.39, 0.29) is 23.5 Å². The van der Waals surface area contributed by atoms with Crippen molar-refractivity contribution >= 4 is 41.2 Å². The summed E-state index contributed by atoms with van der Waals surface area (Å²) < 4.78 is 13.9. The number of nitrogen functional groups attached to an aromatic ring is 1. The Morgan fingerprint density at radius 2 is 2.09 bits per heavy atom. The fourth-order valence-electron chi connectivity index (χ4n) is 3.82. The molecule has 4 rings (SSSR count). The minimum absolute atomic E-state index is 0.0174. The number of nitrogens with one attached hydrogen (secondary N) is 1. The maximum Gasteiger partial charge on any atom is 0.225 e. The van der Waals surface area contributed by atoms with Gasteiger partial charge in [-0.2, -0.15) is 0 Å². The third-order valence-electron chi connectivity index (χ3n) is 5.88. The van der Waals surface area contributed by atoms with Crippen LogP contribution in [0.5, 0.6) is 0 Å². The summed E-state index contributed by atoms with van der Waals surface area (Å²) in [5.74, 6) is 0.442. The number of hydrogen-bond donors (Lipinski definition) is 2. The van der Waals surface area contributed by atoms with Gasteiger partial charge in [0.05, 0.1) is 17.2 Å². The molecular formula is C25H27FN6OS. The molecule has 176 valence electrons. The molecular weight excluding hydrogens is 451 g/mol. The second-order valence-corrected chi connectivity index (χ2v) is 9.07. The number of anilines is 2. The lowest BCUT2D eigenvalue weighted by Gasteiger charge is -2.20. The lowest BCUT2D eigenvalue weighted by atomic mass is 10.1. The van der Waals surface area contributed by atoms with Crippen LogP contribution in [0.25, 0.3) is 0 Å². The van der Waals surface area contributed by atoms with Crippen LogP contribution in [-0.2, 0) is 11.3 Å². The molecule has 1 atom stereocenters.